The quantitative estimate of drug-likeness (QED) is 0.920. The van der Waals surface area contributed by atoms with Gasteiger partial charge in [-0.15, -0.1) is 0 Å². The summed E-state index contributed by atoms with van der Waals surface area (Å²) in [6.45, 7) is 0. The van der Waals surface area contributed by atoms with Gasteiger partial charge >= 0.3 is 0 Å². The average molecular weight is 302 g/mol. The van der Waals surface area contributed by atoms with E-state index in [9.17, 15) is 8.42 Å². The molecular formula is C16H18N2O2S. The smallest absolute Gasteiger partial charge is 0.178 e. The molecule has 2 N–H and O–H groups in total. The Hall–Kier alpha value is -1.72. The van der Waals surface area contributed by atoms with Crippen molar-refractivity contribution >= 4 is 9.84 Å². The summed E-state index contributed by atoms with van der Waals surface area (Å²) in [5, 5.41) is 0. The topological polar surface area (TPSA) is 73.1 Å². The summed E-state index contributed by atoms with van der Waals surface area (Å²) < 4.78 is 24.4. The van der Waals surface area contributed by atoms with Gasteiger partial charge in [0.1, 0.15) is 0 Å². The first-order valence-corrected chi connectivity index (χ1v) is 8.70. The van der Waals surface area contributed by atoms with Crippen LogP contribution in [0.4, 0.5) is 0 Å². The number of sulfone groups is 1. The molecule has 1 unspecified atom stereocenters. The van der Waals surface area contributed by atoms with E-state index in [0.29, 0.717) is 10.8 Å². The summed E-state index contributed by atoms with van der Waals surface area (Å²) in [5.74, 6) is 0.619. The van der Waals surface area contributed by atoms with Crippen molar-refractivity contribution in [3.63, 3.8) is 0 Å². The molecule has 0 amide bonds. The first-order valence-electron chi connectivity index (χ1n) is 7.04. The van der Waals surface area contributed by atoms with Crippen molar-refractivity contribution < 1.29 is 8.42 Å². The fourth-order valence-corrected chi connectivity index (χ4v) is 4.02. The molecule has 3 rings (SSSR count). The Labute approximate surface area is 124 Å². The Bertz CT molecular complexity index is 708. The van der Waals surface area contributed by atoms with Gasteiger partial charge in [0.15, 0.2) is 9.84 Å². The lowest BCUT2D eigenvalue weighted by Crippen LogP contribution is -2.13. The van der Waals surface area contributed by atoms with Gasteiger partial charge < -0.3 is 5.73 Å². The van der Waals surface area contributed by atoms with Gasteiger partial charge in [-0.2, -0.15) is 0 Å². The van der Waals surface area contributed by atoms with Gasteiger partial charge in [-0.05, 0) is 48.1 Å². The van der Waals surface area contributed by atoms with Crippen LogP contribution in [0.2, 0.25) is 0 Å². The summed E-state index contributed by atoms with van der Waals surface area (Å²) >= 11 is 0. The minimum atomic E-state index is -3.16. The van der Waals surface area contributed by atoms with E-state index in [1.807, 2.05) is 12.1 Å². The van der Waals surface area contributed by atoms with Crippen molar-refractivity contribution in [2.24, 2.45) is 11.7 Å². The molecule has 1 aliphatic carbocycles. The molecule has 0 bridgehead atoms. The molecule has 4 nitrogen and oxygen atoms in total. The second-order valence-corrected chi connectivity index (χ2v) is 7.59. The van der Waals surface area contributed by atoms with Gasteiger partial charge in [-0.1, -0.05) is 18.2 Å². The van der Waals surface area contributed by atoms with E-state index in [2.05, 4.69) is 4.98 Å². The van der Waals surface area contributed by atoms with Crippen LogP contribution in [0.5, 0.6) is 0 Å². The third kappa shape index (κ3) is 3.31. The Morgan fingerprint density at radius 1 is 1.14 bits per heavy atom. The van der Waals surface area contributed by atoms with E-state index < -0.39 is 9.84 Å². The second-order valence-electron chi connectivity index (χ2n) is 5.56. The van der Waals surface area contributed by atoms with Crippen LogP contribution in [-0.2, 0) is 9.84 Å². The average Bonchev–Trinajstić information content (AvgIpc) is 3.31. The normalized spacial score (nSPS) is 16.6. The van der Waals surface area contributed by atoms with Gasteiger partial charge in [-0.3, -0.25) is 4.98 Å². The van der Waals surface area contributed by atoms with Crippen LogP contribution in [0.3, 0.4) is 0 Å². The summed E-state index contributed by atoms with van der Waals surface area (Å²) in [6, 6.07) is 10.3. The van der Waals surface area contributed by atoms with Crippen molar-refractivity contribution in [3.05, 3.63) is 59.9 Å². The lowest BCUT2D eigenvalue weighted by atomic mass is 10.0. The molecule has 110 valence electrons. The zero-order valence-electron chi connectivity index (χ0n) is 11.6. The van der Waals surface area contributed by atoms with Crippen molar-refractivity contribution in [1.82, 2.24) is 4.98 Å². The maximum atomic E-state index is 12.2. The van der Waals surface area contributed by atoms with Gasteiger partial charge in [0.2, 0.25) is 0 Å². The Morgan fingerprint density at radius 2 is 1.86 bits per heavy atom. The molecule has 0 saturated heterocycles. The number of hydrogen-bond acceptors (Lipinski definition) is 4. The third-order valence-electron chi connectivity index (χ3n) is 3.79. The van der Waals surface area contributed by atoms with Crippen molar-refractivity contribution in [2.45, 2.75) is 23.8 Å². The summed E-state index contributed by atoms with van der Waals surface area (Å²) in [4.78, 5) is 4.44. The molecule has 1 heterocycles. The van der Waals surface area contributed by atoms with E-state index in [1.165, 1.54) is 0 Å². The van der Waals surface area contributed by atoms with E-state index in [4.69, 9.17) is 5.73 Å². The highest BCUT2D eigenvalue weighted by atomic mass is 32.2. The highest BCUT2D eigenvalue weighted by Crippen LogP contribution is 2.32. The minimum absolute atomic E-state index is 0.265. The fraction of sp³-hybridized carbons (Fsp3) is 0.312. The van der Waals surface area contributed by atoms with E-state index >= 15 is 0 Å². The summed E-state index contributed by atoms with van der Waals surface area (Å²) in [6.07, 6.45) is 5.48. The molecule has 0 aliphatic heterocycles. The van der Waals surface area contributed by atoms with E-state index in [0.717, 1.165) is 24.0 Å². The van der Waals surface area contributed by atoms with Crippen LogP contribution in [0.25, 0.3) is 0 Å². The fourth-order valence-electron chi connectivity index (χ4n) is 2.33. The Balaban J connectivity index is 1.80. The number of hydrogen-bond donors (Lipinski definition) is 1. The molecule has 1 aromatic heterocycles. The zero-order valence-corrected chi connectivity index (χ0v) is 12.5. The molecular weight excluding hydrogens is 284 g/mol. The van der Waals surface area contributed by atoms with Crippen LogP contribution in [0.1, 0.15) is 30.0 Å². The Kier molecular flexibility index (Phi) is 3.78. The van der Waals surface area contributed by atoms with Gasteiger partial charge in [0.05, 0.1) is 16.7 Å². The first-order chi connectivity index (χ1) is 10.1. The van der Waals surface area contributed by atoms with Crippen LogP contribution in [-0.4, -0.2) is 19.2 Å². The largest absolute Gasteiger partial charge is 0.320 e. The van der Waals surface area contributed by atoms with Crippen LogP contribution in [0.15, 0.2) is 53.7 Å². The number of rotatable bonds is 5. The van der Waals surface area contributed by atoms with Crippen molar-refractivity contribution in [3.8, 4) is 0 Å². The lowest BCUT2D eigenvalue weighted by Gasteiger charge is -2.12. The molecule has 0 spiro atoms. The molecule has 21 heavy (non-hydrogen) atoms. The summed E-state index contributed by atoms with van der Waals surface area (Å²) in [5.41, 5.74) is 7.97. The van der Waals surface area contributed by atoms with Crippen LogP contribution >= 0.6 is 0 Å². The number of pyridine rings is 1. The molecule has 0 radical (unpaired) electrons. The number of nitrogens with two attached hydrogens (primary N) is 1. The molecule has 5 heteroatoms. The maximum absolute atomic E-state index is 12.2. The summed E-state index contributed by atoms with van der Waals surface area (Å²) in [7, 11) is -3.16. The SMILES string of the molecule is NC(c1ccc(S(=O)(=O)CC2CC2)cc1)c1cccnc1. The Morgan fingerprint density at radius 3 is 2.43 bits per heavy atom. The predicted molar refractivity (Wildman–Crippen MR) is 81.5 cm³/mol. The van der Waals surface area contributed by atoms with Crippen molar-refractivity contribution in [1.29, 1.82) is 0 Å². The maximum Gasteiger partial charge on any atom is 0.178 e. The van der Waals surface area contributed by atoms with Crippen LogP contribution < -0.4 is 5.73 Å². The highest BCUT2D eigenvalue weighted by Gasteiger charge is 2.29. The van der Waals surface area contributed by atoms with Gasteiger partial charge in [0, 0.05) is 12.4 Å². The zero-order chi connectivity index (χ0) is 14.9. The van der Waals surface area contributed by atoms with Gasteiger partial charge in [0.25, 0.3) is 0 Å². The molecule has 1 aromatic carbocycles. The molecule has 1 fully saturated rings. The first kappa shape index (κ1) is 14.2. The second kappa shape index (κ2) is 5.58. The molecule has 1 aliphatic rings. The predicted octanol–water partition coefficient (Wildman–Crippen LogP) is 2.31. The minimum Gasteiger partial charge on any atom is -0.320 e. The standard InChI is InChI=1S/C16H18N2O2S/c17-16(14-2-1-9-18-10-14)13-5-7-15(8-6-13)21(19,20)11-12-3-4-12/h1-2,5-10,12,16H,3-4,11,17H2. The van der Waals surface area contributed by atoms with Gasteiger partial charge in [-0.25, -0.2) is 8.42 Å². The molecule has 1 atom stereocenters. The van der Waals surface area contributed by atoms with E-state index in [1.54, 1.807) is 36.7 Å². The third-order valence-corrected chi connectivity index (χ3v) is 5.69. The van der Waals surface area contributed by atoms with Crippen LogP contribution in [0, 0.1) is 5.92 Å². The molecule has 2 aromatic rings. The van der Waals surface area contributed by atoms with E-state index in [-0.39, 0.29) is 11.8 Å². The monoisotopic (exact) mass is 302 g/mol. The number of aromatic nitrogens is 1. The van der Waals surface area contributed by atoms with Crippen molar-refractivity contribution in [2.75, 3.05) is 5.75 Å². The number of benzene rings is 1. The number of nitrogens with zero attached hydrogens (tertiary/aromatic N) is 1. The lowest BCUT2D eigenvalue weighted by molar-refractivity contribution is 0.592. The molecule has 1 saturated carbocycles. The highest BCUT2D eigenvalue weighted by molar-refractivity contribution is 7.91.